The van der Waals surface area contributed by atoms with E-state index >= 15 is 0 Å². The van der Waals surface area contributed by atoms with Gasteiger partial charge >= 0.3 is 6.03 Å². The summed E-state index contributed by atoms with van der Waals surface area (Å²) in [4.78, 5) is 24.9. The summed E-state index contributed by atoms with van der Waals surface area (Å²) in [6.07, 6.45) is 0.989. The molecule has 1 aromatic carbocycles. The molecule has 8 nitrogen and oxygen atoms in total. The predicted molar refractivity (Wildman–Crippen MR) is 80.2 cm³/mol. The number of benzene rings is 1. The molecular formula is C14H17N5O3. The lowest BCUT2D eigenvalue weighted by Gasteiger charge is -2.31. The molecule has 2 aromatic rings. The quantitative estimate of drug-likeness (QED) is 0.832. The second kappa shape index (κ2) is 5.64. The van der Waals surface area contributed by atoms with Crippen molar-refractivity contribution in [3.63, 3.8) is 0 Å². The summed E-state index contributed by atoms with van der Waals surface area (Å²) in [6.45, 7) is 0.879. The van der Waals surface area contributed by atoms with Gasteiger partial charge in [0.2, 0.25) is 5.91 Å². The second-order valence-electron chi connectivity index (χ2n) is 5.18. The van der Waals surface area contributed by atoms with Crippen molar-refractivity contribution in [2.45, 2.75) is 6.10 Å². The Labute approximate surface area is 126 Å². The maximum atomic E-state index is 12.3. The molecule has 3 amide bonds. The zero-order valence-electron chi connectivity index (χ0n) is 12.2. The average Bonchev–Trinajstić information content (AvgIpc) is 2.88. The van der Waals surface area contributed by atoms with E-state index in [2.05, 4.69) is 10.4 Å². The van der Waals surface area contributed by atoms with Crippen molar-refractivity contribution in [1.82, 2.24) is 14.7 Å². The fourth-order valence-corrected chi connectivity index (χ4v) is 2.45. The number of fused-ring (bicyclic) bond motifs is 1. The smallest absolute Gasteiger partial charge is 0.322 e. The largest absolute Gasteiger partial charge is 0.367 e. The number of anilines is 1. The molecule has 116 valence electrons. The van der Waals surface area contributed by atoms with E-state index in [1.165, 1.54) is 4.90 Å². The number of ether oxygens (including phenoxy) is 1. The summed E-state index contributed by atoms with van der Waals surface area (Å²) in [6, 6.07) is 5.28. The number of morpholine rings is 1. The van der Waals surface area contributed by atoms with Crippen LogP contribution < -0.4 is 11.1 Å². The lowest BCUT2D eigenvalue weighted by atomic mass is 10.2. The van der Waals surface area contributed by atoms with Crippen molar-refractivity contribution in [2.75, 3.05) is 25.0 Å². The zero-order valence-corrected chi connectivity index (χ0v) is 12.2. The van der Waals surface area contributed by atoms with Crippen molar-refractivity contribution in [3.05, 3.63) is 24.4 Å². The molecule has 2 heterocycles. The van der Waals surface area contributed by atoms with E-state index < -0.39 is 12.0 Å². The molecule has 3 N–H and O–H groups in total. The number of nitrogens with one attached hydrogen (secondary N) is 1. The zero-order chi connectivity index (χ0) is 15.7. The number of hydrogen-bond donors (Lipinski definition) is 2. The van der Waals surface area contributed by atoms with E-state index in [1.807, 2.05) is 25.2 Å². The van der Waals surface area contributed by atoms with Crippen molar-refractivity contribution in [1.29, 1.82) is 0 Å². The topological polar surface area (TPSA) is 102 Å². The highest BCUT2D eigenvalue weighted by atomic mass is 16.5. The molecule has 0 radical (unpaired) electrons. The Bertz CT molecular complexity index is 726. The minimum Gasteiger partial charge on any atom is -0.367 e. The van der Waals surface area contributed by atoms with Gasteiger partial charge in [-0.15, -0.1) is 0 Å². The molecule has 0 spiro atoms. The number of rotatable bonds is 2. The van der Waals surface area contributed by atoms with Gasteiger partial charge in [-0.25, -0.2) is 4.79 Å². The van der Waals surface area contributed by atoms with Gasteiger partial charge < -0.3 is 20.7 Å². The minimum atomic E-state index is -0.750. The summed E-state index contributed by atoms with van der Waals surface area (Å²) < 4.78 is 6.99. The third kappa shape index (κ3) is 2.73. The number of nitrogens with zero attached hydrogens (tertiary/aromatic N) is 3. The summed E-state index contributed by atoms with van der Waals surface area (Å²) in [7, 11) is 1.86. The van der Waals surface area contributed by atoms with Crippen LogP contribution in [0.2, 0.25) is 0 Å². The van der Waals surface area contributed by atoms with Gasteiger partial charge in [0.15, 0.2) is 6.10 Å². The van der Waals surface area contributed by atoms with E-state index in [0.29, 0.717) is 18.8 Å². The lowest BCUT2D eigenvalue weighted by molar-refractivity contribution is -0.133. The van der Waals surface area contributed by atoms with Crippen molar-refractivity contribution >= 4 is 28.5 Å². The van der Waals surface area contributed by atoms with Gasteiger partial charge in [-0.2, -0.15) is 5.10 Å². The Hall–Kier alpha value is -2.61. The summed E-state index contributed by atoms with van der Waals surface area (Å²) in [5.74, 6) is -0.561. The van der Waals surface area contributed by atoms with Crippen LogP contribution >= 0.6 is 0 Å². The standard InChI is InChI=1S/C14H17N5O3/c1-18-11-3-2-10(6-9(11)7-16-18)17-14(21)19-4-5-22-12(8-19)13(15)20/h2-3,6-7,12H,4-5,8H2,1H3,(H2,15,20)(H,17,21). The molecule has 1 aliphatic rings. The van der Waals surface area contributed by atoms with Gasteiger partial charge in [0, 0.05) is 24.7 Å². The first kappa shape index (κ1) is 14.3. The van der Waals surface area contributed by atoms with Gasteiger partial charge in [0.1, 0.15) is 0 Å². The van der Waals surface area contributed by atoms with Gasteiger partial charge in [-0.3, -0.25) is 9.48 Å². The SMILES string of the molecule is Cn1ncc2cc(NC(=O)N3CCOC(C(N)=O)C3)ccc21. The summed E-state index contributed by atoms with van der Waals surface area (Å²) >= 11 is 0. The molecule has 1 saturated heterocycles. The average molecular weight is 303 g/mol. The predicted octanol–water partition coefficient (Wildman–Crippen LogP) is 0.291. The number of carbonyl (C=O) groups is 2. The molecule has 1 aliphatic heterocycles. The van der Waals surface area contributed by atoms with Gasteiger partial charge in [-0.1, -0.05) is 0 Å². The first-order valence-corrected chi connectivity index (χ1v) is 6.93. The Kier molecular flexibility index (Phi) is 3.68. The number of primary amides is 1. The lowest BCUT2D eigenvalue weighted by Crippen LogP contribution is -2.51. The number of aryl methyl sites for hydroxylation is 1. The van der Waals surface area contributed by atoms with Crippen LogP contribution in [-0.2, 0) is 16.6 Å². The Morgan fingerprint density at radius 2 is 2.27 bits per heavy atom. The van der Waals surface area contributed by atoms with Crippen LogP contribution in [0, 0.1) is 0 Å². The van der Waals surface area contributed by atoms with Crippen LogP contribution in [0.4, 0.5) is 10.5 Å². The molecule has 1 fully saturated rings. The number of carbonyl (C=O) groups excluding carboxylic acids is 2. The van der Waals surface area contributed by atoms with Gasteiger partial charge in [0.25, 0.3) is 0 Å². The van der Waals surface area contributed by atoms with E-state index in [1.54, 1.807) is 10.9 Å². The number of hydrogen-bond acceptors (Lipinski definition) is 4. The molecule has 8 heteroatoms. The molecular weight excluding hydrogens is 286 g/mol. The van der Waals surface area contributed by atoms with Crippen LogP contribution in [0.5, 0.6) is 0 Å². The highest BCUT2D eigenvalue weighted by Gasteiger charge is 2.27. The van der Waals surface area contributed by atoms with Crippen LogP contribution in [0.15, 0.2) is 24.4 Å². The van der Waals surface area contributed by atoms with E-state index in [-0.39, 0.29) is 12.6 Å². The highest BCUT2D eigenvalue weighted by molar-refractivity contribution is 5.93. The number of nitrogens with two attached hydrogens (primary N) is 1. The monoisotopic (exact) mass is 303 g/mol. The Morgan fingerprint density at radius 3 is 3.05 bits per heavy atom. The maximum absolute atomic E-state index is 12.3. The molecule has 22 heavy (non-hydrogen) atoms. The third-order valence-corrected chi connectivity index (χ3v) is 3.67. The maximum Gasteiger partial charge on any atom is 0.322 e. The summed E-state index contributed by atoms with van der Waals surface area (Å²) in [5.41, 5.74) is 6.87. The molecule has 3 rings (SSSR count). The Balaban J connectivity index is 1.71. The molecule has 1 aromatic heterocycles. The Morgan fingerprint density at radius 1 is 1.45 bits per heavy atom. The van der Waals surface area contributed by atoms with Crippen molar-refractivity contribution in [2.24, 2.45) is 12.8 Å². The van der Waals surface area contributed by atoms with Crippen LogP contribution in [0.3, 0.4) is 0 Å². The van der Waals surface area contributed by atoms with Crippen LogP contribution in [0.1, 0.15) is 0 Å². The minimum absolute atomic E-state index is 0.163. The van der Waals surface area contributed by atoms with E-state index in [0.717, 1.165) is 10.9 Å². The normalized spacial score (nSPS) is 18.4. The molecule has 0 saturated carbocycles. The highest BCUT2D eigenvalue weighted by Crippen LogP contribution is 2.19. The first-order valence-electron chi connectivity index (χ1n) is 6.93. The van der Waals surface area contributed by atoms with Crippen molar-refractivity contribution in [3.8, 4) is 0 Å². The third-order valence-electron chi connectivity index (χ3n) is 3.67. The molecule has 1 atom stereocenters. The van der Waals surface area contributed by atoms with E-state index in [9.17, 15) is 9.59 Å². The number of amides is 3. The van der Waals surface area contributed by atoms with Crippen molar-refractivity contribution < 1.29 is 14.3 Å². The molecule has 0 aliphatic carbocycles. The second-order valence-corrected chi connectivity index (χ2v) is 5.18. The van der Waals surface area contributed by atoms with Gasteiger partial charge in [-0.05, 0) is 18.2 Å². The first-order chi connectivity index (χ1) is 10.5. The molecule has 1 unspecified atom stereocenters. The number of urea groups is 1. The fraction of sp³-hybridized carbons (Fsp3) is 0.357. The number of aromatic nitrogens is 2. The van der Waals surface area contributed by atoms with Crippen LogP contribution in [0.25, 0.3) is 10.9 Å². The van der Waals surface area contributed by atoms with Gasteiger partial charge in [0.05, 0.1) is 24.9 Å². The molecule has 0 bridgehead atoms. The van der Waals surface area contributed by atoms with E-state index in [4.69, 9.17) is 10.5 Å². The summed E-state index contributed by atoms with van der Waals surface area (Å²) in [5, 5.41) is 7.92. The fourth-order valence-electron chi connectivity index (χ4n) is 2.45. The van der Waals surface area contributed by atoms with Crippen LogP contribution in [-0.4, -0.2) is 52.4 Å².